The van der Waals surface area contributed by atoms with E-state index in [-0.39, 0.29) is 12.0 Å². The molecule has 2 heterocycles. The standard InChI is InChI=1S/C26H37N3O3/c1-2-3-9-24-23(16-26(29-28-24)31-18-20-17-27-15-14-25(20)30)19-10-12-22(13-11-19)32-21-7-5-4-6-8-21/h10-13,16,20-21,25,27,30H,2-9,14-15,17-18H2,1H3/t20-,25+/m0/s1. The van der Waals surface area contributed by atoms with Crippen LogP contribution >= 0.6 is 0 Å². The molecule has 2 fully saturated rings. The predicted molar refractivity (Wildman–Crippen MR) is 126 cm³/mol. The first-order chi connectivity index (χ1) is 15.7. The highest BCUT2D eigenvalue weighted by atomic mass is 16.5. The van der Waals surface area contributed by atoms with Gasteiger partial charge in [-0.1, -0.05) is 31.9 Å². The van der Waals surface area contributed by atoms with Crippen molar-refractivity contribution in [1.82, 2.24) is 15.5 Å². The monoisotopic (exact) mass is 439 g/mol. The second-order valence-electron chi connectivity index (χ2n) is 9.18. The van der Waals surface area contributed by atoms with E-state index in [9.17, 15) is 5.11 Å². The molecular weight excluding hydrogens is 402 g/mol. The average Bonchev–Trinajstić information content (AvgIpc) is 2.84. The lowest BCUT2D eigenvalue weighted by molar-refractivity contribution is 0.0497. The Hall–Kier alpha value is -2.18. The van der Waals surface area contributed by atoms with Crippen molar-refractivity contribution < 1.29 is 14.6 Å². The molecule has 2 atom stereocenters. The quantitative estimate of drug-likeness (QED) is 0.597. The third kappa shape index (κ3) is 6.20. The maximum atomic E-state index is 10.2. The average molecular weight is 440 g/mol. The molecule has 2 aliphatic rings. The minimum atomic E-state index is -0.329. The number of piperidine rings is 1. The SMILES string of the molecule is CCCCc1nnc(OC[C@@H]2CNCC[C@H]2O)cc1-c1ccc(OC2CCCCC2)cc1. The van der Waals surface area contributed by atoms with Crippen molar-refractivity contribution in [3.05, 3.63) is 36.0 Å². The topological polar surface area (TPSA) is 76.5 Å². The van der Waals surface area contributed by atoms with E-state index >= 15 is 0 Å². The van der Waals surface area contributed by atoms with Crippen LogP contribution in [0.15, 0.2) is 30.3 Å². The van der Waals surface area contributed by atoms with E-state index in [1.54, 1.807) is 0 Å². The second-order valence-corrected chi connectivity index (χ2v) is 9.18. The van der Waals surface area contributed by atoms with E-state index < -0.39 is 0 Å². The zero-order valence-corrected chi connectivity index (χ0v) is 19.3. The maximum absolute atomic E-state index is 10.2. The molecule has 4 rings (SSSR count). The molecule has 0 bridgehead atoms. The Morgan fingerprint density at radius 2 is 1.88 bits per heavy atom. The first kappa shape index (κ1) is 23.0. The summed E-state index contributed by atoms with van der Waals surface area (Å²) in [5.41, 5.74) is 3.17. The van der Waals surface area contributed by atoms with Crippen molar-refractivity contribution in [1.29, 1.82) is 0 Å². The molecule has 1 aliphatic carbocycles. The Morgan fingerprint density at radius 3 is 2.62 bits per heavy atom. The van der Waals surface area contributed by atoms with Gasteiger partial charge in [0.25, 0.3) is 0 Å². The number of hydrogen-bond donors (Lipinski definition) is 2. The number of hydrogen-bond acceptors (Lipinski definition) is 6. The molecule has 0 spiro atoms. The fourth-order valence-corrected chi connectivity index (χ4v) is 4.61. The summed E-state index contributed by atoms with van der Waals surface area (Å²) in [7, 11) is 0. The van der Waals surface area contributed by atoms with Crippen LogP contribution in [0, 0.1) is 5.92 Å². The van der Waals surface area contributed by atoms with Gasteiger partial charge >= 0.3 is 0 Å². The summed E-state index contributed by atoms with van der Waals surface area (Å²) >= 11 is 0. The highest BCUT2D eigenvalue weighted by Gasteiger charge is 2.24. The van der Waals surface area contributed by atoms with Gasteiger partial charge in [-0.25, -0.2) is 0 Å². The lowest BCUT2D eigenvalue weighted by atomic mass is 9.97. The molecule has 1 aliphatic heterocycles. The summed E-state index contributed by atoms with van der Waals surface area (Å²) in [6.07, 6.45) is 10.0. The van der Waals surface area contributed by atoms with Crippen molar-refractivity contribution in [2.24, 2.45) is 5.92 Å². The molecule has 1 saturated heterocycles. The van der Waals surface area contributed by atoms with Gasteiger partial charge in [0.1, 0.15) is 5.75 Å². The van der Waals surface area contributed by atoms with Gasteiger partial charge in [-0.15, -0.1) is 5.10 Å². The van der Waals surface area contributed by atoms with Gasteiger partial charge in [-0.2, -0.15) is 5.10 Å². The summed E-state index contributed by atoms with van der Waals surface area (Å²) in [5.74, 6) is 1.53. The van der Waals surface area contributed by atoms with Crippen molar-refractivity contribution in [2.45, 2.75) is 76.9 Å². The predicted octanol–water partition coefficient (Wildman–Crippen LogP) is 4.55. The van der Waals surface area contributed by atoms with E-state index in [1.807, 2.05) is 6.07 Å². The van der Waals surface area contributed by atoms with Gasteiger partial charge in [-0.3, -0.25) is 0 Å². The molecule has 174 valence electrons. The molecule has 32 heavy (non-hydrogen) atoms. The van der Waals surface area contributed by atoms with E-state index in [1.165, 1.54) is 19.3 Å². The van der Waals surface area contributed by atoms with E-state index in [2.05, 4.69) is 46.7 Å². The summed E-state index contributed by atoms with van der Waals surface area (Å²) in [6.45, 7) is 4.24. The van der Waals surface area contributed by atoms with Crippen molar-refractivity contribution >= 4 is 0 Å². The van der Waals surface area contributed by atoms with Crippen LogP contribution in [0.3, 0.4) is 0 Å². The van der Waals surface area contributed by atoms with Gasteiger partial charge in [0.05, 0.1) is 24.5 Å². The Morgan fingerprint density at radius 1 is 1.06 bits per heavy atom. The number of aromatic nitrogens is 2. The number of benzene rings is 1. The van der Waals surface area contributed by atoms with Crippen LogP contribution < -0.4 is 14.8 Å². The summed E-state index contributed by atoms with van der Waals surface area (Å²) in [6, 6.07) is 10.4. The molecule has 2 N–H and O–H groups in total. The zero-order chi connectivity index (χ0) is 22.2. The fourth-order valence-electron chi connectivity index (χ4n) is 4.61. The third-order valence-electron chi connectivity index (χ3n) is 6.65. The normalized spacial score (nSPS) is 21.9. The number of ether oxygens (including phenoxy) is 2. The van der Waals surface area contributed by atoms with Crippen LogP contribution in [0.2, 0.25) is 0 Å². The molecular formula is C26H37N3O3. The van der Waals surface area contributed by atoms with E-state index in [0.29, 0.717) is 18.6 Å². The number of unbranched alkanes of at least 4 members (excludes halogenated alkanes) is 1. The molecule has 2 aromatic rings. The van der Waals surface area contributed by atoms with Crippen molar-refractivity contribution in [3.63, 3.8) is 0 Å². The number of aliphatic hydroxyl groups excluding tert-OH is 1. The Balaban J connectivity index is 1.47. The fraction of sp³-hybridized carbons (Fsp3) is 0.615. The van der Waals surface area contributed by atoms with Crippen LogP contribution in [0.25, 0.3) is 11.1 Å². The maximum Gasteiger partial charge on any atom is 0.234 e. The number of nitrogens with zero attached hydrogens (tertiary/aromatic N) is 2. The second kappa shape index (κ2) is 11.6. The summed E-state index contributed by atoms with van der Waals surface area (Å²) < 4.78 is 12.2. The number of aliphatic hydroxyl groups is 1. The Bertz CT molecular complexity index is 837. The number of aryl methyl sites for hydroxylation is 1. The van der Waals surface area contributed by atoms with Crippen LogP contribution in [0.1, 0.15) is 64.0 Å². The Labute approximate surface area is 191 Å². The minimum absolute atomic E-state index is 0.0741. The highest BCUT2D eigenvalue weighted by molar-refractivity contribution is 5.67. The van der Waals surface area contributed by atoms with Gasteiger partial charge in [0.15, 0.2) is 0 Å². The van der Waals surface area contributed by atoms with Crippen LogP contribution in [0.4, 0.5) is 0 Å². The molecule has 0 radical (unpaired) electrons. The first-order valence-electron chi connectivity index (χ1n) is 12.4. The number of nitrogens with one attached hydrogen (secondary N) is 1. The molecule has 6 heteroatoms. The van der Waals surface area contributed by atoms with Crippen molar-refractivity contribution in [3.8, 4) is 22.8 Å². The minimum Gasteiger partial charge on any atom is -0.490 e. The third-order valence-corrected chi connectivity index (χ3v) is 6.65. The van der Waals surface area contributed by atoms with Gasteiger partial charge in [-0.05, 0) is 69.2 Å². The van der Waals surface area contributed by atoms with Gasteiger partial charge in [0.2, 0.25) is 5.88 Å². The van der Waals surface area contributed by atoms with Crippen molar-refractivity contribution in [2.75, 3.05) is 19.7 Å². The molecule has 0 unspecified atom stereocenters. The van der Waals surface area contributed by atoms with Crippen LogP contribution in [-0.4, -0.2) is 47.2 Å². The highest BCUT2D eigenvalue weighted by Crippen LogP contribution is 2.30. The molecule has 1 aromatic carbocycles. The lowest BCUT2D eigenvalue weighted by Gasteiger charge is -2.28. The van der Waals surface area contributed by atoms with Gasteiger partial charge < -0.3 is 19.9 Å². The van der Waals surface area contributed by atoms with Crippen LogP contribution in [0.5, 0.6) is 11.6 Å². The Kier molecular flexibility index (Phi) is 8.35. The lowest BCUT2D eigenvalue weighted by Crippen LogP contribution is -2.42. The zero-order valence-electron chi connectivity index (χ0n) is 19.3. The molecule has 6 nitrogen and oxygen atoms in total. The summed E-state index contributed by atoms with van der Waals surface area (Å²) in [4.78, 5) is 0. The molecule has 0 amide bonds. The molecule has 1 saturated carbocycles. The van der Waals surface area contributed by atoms with E-state index in [4.69, 9.17) is 9.47 Å². The largest absolute Gasteiger partial charge is 0.490 e. The molecule has 1 aromatic heterocycles. The number of rotatable bonds is 9. The van der Waals surface area contributed by atoms with E-state index in [0.717, 1.165) is 74.2 Å². The van der Waals surface area contributed by atoms with Gasteiger partial charge in [0, 0.05) is 24.1 Å². The first-order valence-corrected chi connectivity index (χ1v) is 12.4. The van der Waals surface area contributed by atoms with Crippen LogP contribution in [-0.2, 0) is 6.42 Å². The summed E-state index contributed by atoms with van der Waals surface area (Å²) in [5, 5.41) is 22.3. The smallest absolute Gasteiger partial charge is 0.234 e.